The molecule has 0 aliphatic carbocycles. The number of fused-ring (bicyclic) bond motifs is 3. The van der Waals surface area contributed by atoms with Gasteiger partial charge < -0.3 is 20.1 Å². The van der Waals surface area contributed by atoms with Gasteiger partial charge in [-0.2, -0.15) is 0 Å². The Labute approximate surface area is 166 Å². The molecule has 3 rings (SSSR count). The van der Waals surface area contributed by atoms with Gasteiger partial charge >= 0.3 is 0 Å². The molecular formula is C22H32N4O2. The highest BCUT2D eigenvalue weighted by Crippen LogP contribution is 2.34. The Bertz CT molecular complexity index is 962. The second kappa shape index (κ2) is 8.05. The summed E-state index contributed by atoms with van der Waals surface area (Å²) in [5.74, 6) is 1.50. The van der Waals surface area contributed by atoms with E-state index in [4.69, 9.17) is 15.5 Å². The second-order valence-electron chi connectivity index (χ2n) is 8.64. The van der Waals surface area contributed by atoms with Crippen LogP contribution < -0.4 is 5.73 Å². The number of nitrogens with two attached hydrogens (primary N) is 1. The maximum Gasteiger partial charge on any atom is 0.152 e. The number of nitrogens with zero attached hydrogens (tertiary/aromatic N) is 3. The fourth-order valence-corrected chi connectivity index (χ4v) is 3.67. The smallest absolute Gasteiger partial charge is 0.152 e. The number of hydrogen-bond donors (Lipinski definition) is 2. The number of hydrogen-bond acceptors (Lipinski definition) is 5. The molecule has 28 heavy (non-hydrogen) atoms. The monoisotopic (exact) mass is 384 g/mol. The summed E-state index contributed by atoms with van der Waals surface area (Å²) in [4.78, 5) is 9.31. The lowest BCUT2D eigenvalue weighted by Gasteiger charge is -2.30. The minimum atomic E-state index is -0.344. The summed E-state index contributed by atoms with van der Waals surface area (Å²) >= 11 is 0. The lowest BCUT2D eigenvalue weighted by molar-refractivity contribution is 0.0665. The van der Waals surface area contributed by atoms with Crippen LogP contribution in [0.3, 0.4) is 0 Å². The van der Waals surface area contributed by atoms with Crippen molar-refractivity contribution in [3.05, 3.63) is 30.1 Å². The van der Waals surface area contributed by atoms with Gasteiger partial charge in [-0.25, -0.2) is 9.97 Å². The van der Waals surface area contributed by atoms with Crippen LogP contribution in [0, 0.1) is 11.3 Å². The molecule has 1 aromatic carbocycles. The zero-order valence-electron chi connectivity index (χ0n) is 17.6. The maximum atomic E-state index is 10.5. The number of pyridine rings is 1. The van der Waals surface area contributed by atoms with Gasteiger partial charge in [0.25, 0.3) is 0 Å². The first-order chi connectivity index (χ1) is 13.2. The van der Waals surface area contributed by atoms with Crippen LogP contribution in [0.2, 0.25) is 0 Å². The van der Waals surface area contributed by atoms with E-state index in [1.807, 2.05) is 39.0 Å². The van der Waals surface area contributed by atoms with E-state index in [0.29, 0.717) is 37.5 Å². The molecule has 3 aromatic rings. The van der Waals surface area contributed by atoms with Crippen molar-refractivity contribution >= 4 is 27.8 Å². The number of aliphatic hydroxyl groups excluding tert-OH is 1. The van der Waals surface area contributed by atoms with Gasteiger partial charge in [-0.3, -0.25) is 0 Å². The Morgan fingerprint density at radius 1 is 1.21 bits per heavy atom. The van der Waals surface area contributed by atoms with Crippen molar-refractivity contribution in [1.82, 2.24) is 14.5 Å². The van der Waals surface area contributed by atoms with E-state index in [9.17, 15) is 5.11 Å². The molecule has 0 aliphatic heterocycles. The number of rotatable bonds is 8. The number of imidazole rings is 1. The van der Waals surface area contributed by atoms with Crippen LogP contribution in [-0.2, 0) is 17.9 Å². The zero-order valence-corrected chi connectivity index (χ0v) is 17.6. The van der Waals surface area contributed by atoms with Crippen molar-refractivity contribution in [3.63, 3.8) is 0 Å². The summed E-state index contributed by atoms with van der Waals surface area (Å²) in [7, 11) is 0. The molecule has 2 heterocycles. The van der Waals surface area contributed by atoms with E-state index in [1.54, 1.807) is 0 Å². The molecule has 0 radical (unpaired) electrons. The topological polar surface area (TPSA) is 86.2 Å². The van der Waals surface area contributed by atoms with Gasteiger partial charge in [0.1, 0.15) is 17.9 Å². The molecule has 1 atom stereocenters. The average molecular weight is 385 g/mol. The number of ether oxygens (including phenoxy) is 1. The molecule has 0 fully saturated rings. The predicted molar refractivity (Wildman–Crippen MR) is 114 cm³/mol. The molecule has 0 saturated heterocycles. The maximum absolute atomic E-state index is 10.5. The quantitative estimate of drug-likeness (QED) is 0.610. The van der Waals surface area contributed by atoms with Crippen molar-refractivity contribution in [2.45, 2.75) is 60.3 Å². The molecule has 0 aliphatic rings. The molecule has 0 bridgehead atoms. The highest BCUT2D eigenvalue weighted by Gasteiger charge is 2.27. The van der Waals surface area contributed by atoms with Gasteiger partial charge in [-0.1, -0.05) is 45.9 Å². The Morgan fingerprint density at radius 2 is 1.93 bits per heavy atom. The van der Waals surface area contributed by atoms with E-state index in [-0.39, 0.29) is 17.4 Å². The number of aliphatic hydroxyl groups is 1. The number of anilines is 1. The summed E-state index contributed by atoms with van der Waals surface area (Å²) in [6, 6.07) is 8.00. The third kappa shape index (κ3) is 4.13. The molecule has 0 saturated carbocycles. The van der Waals surface area contributed by atoms with Crippen LogP contribution >= 0.6 is 0 Å². The summed E-state index contributed by atoms with van der Waals surface area (Å²) in [6.07, 6.45) is 0.361. The lowest BCUT2D eigenvalue weighted by atomic mass is 9.83. The number of para-hydroxylation sites is 1. The summed E-state index contributed by atoms with van der Waals surface area (Å²) < 4.78 is 7.89. The standard InChI is InChI=1S/C22H32N4O2/c1-6-28-12-18-25-19-20(15-9-7-8-10-16(15)24-21(19)23)26(18)13-22(4,5)11-17(27)14(2)3/h7-10,14,17,27H,6,11-13H2,1-5H3,(H2,23,24). The molecule has 6 heteroatoms. The Balaban J connectivity index is 2.15. The van der Waals surface area contributed by atoms with Gasteiger partial charge in [-0.05, 0) is 30.7 Å². The minimum Gasteiger partial charge on any atom is -0.393 e. The van der Waals surface area contributed by atoms with Crippen molar-refractivity contribution in [2.24, 2.45) is 11.3 Å². The lowest BCUT2D eigenvalue weighted by Crippen LogP contribution is -2.29. The fraction of sp³-hybridized carbons (Fsp3) is 0.545. The van der Waals surface area contributed by atoms with Crippen LogP contribution in [0.1, 0.15) is 46.9 Å². The van der Waals surface area contributed by atoms with Crippen LogP contribution in [0.5, 0.6) is 0 Å². The third-order valence-electron chi connectivity index (χ3n) is 5.24. The van der Waals surface area contributed by atoms with Crippen LogP contribution in [-0.4, -0.2) is 32.4 Å². The van der Waals surface area contributed by atoms with Crippen LogP contribution in [0.4, 0.5) is 5.82 Å². The van der Waals surface area contributed by atoms with Gasteiger partial charge in [0.15, 0.2) is 5.82 Å². The van der Waals surface area contributed by atoms with Crippen LogP contribution in [0.25, 0.3) is 21.9 Å². The zero-order chi connectivity index (χ0) is 20.5. The highest BCUT2D eigenvalue weighted by atomic mass is 16.5. The highest BCUT2D eigenvalue weighted by molar-refractivity contribution is 6.06. The minimum absolute atomic E-state index is 0.128. The molecule has 0 amide bonds. The second-order valence-corrected chi connectivity index (χ2v) is 8.64. The average Bonchev–Trinajstić information content (AvgIpc) is 2.98. The first-order valence-corrected chi connectivity index (χ1v) is 10.0. The predicted octanol–water partition coefficient (Wildman–Crippen LogP) is 4.14. The van der Waals surface area contributed by atoms with E-state index in [1.165, 1.54) is 0 Å². The van der Waals surface area contributed by atoms with Crippen molar-refractivity contribution in [1.29, 1.82) is 0 Å². The van der Waals surface area contributed by atoms with E-state index >= 15 is 0 Å². The number of aromatic nitrogens is 3. The molecular weight excluding hydrogens is 352 g/mol. The van der Waals surface area contributed by atoms with Gasteiger partial charge in [0, 0.05) is 18.5 Å². The summed E-state index contributed by atoms with van der Waals surface area (Å²) in [5.41, 5.74) is 8.69. The van der Waals surface area contributed by atoms with E-state index < -0.39 is 0 Å². The van der Waals surface area contributed by atoms with Gasteiger partial charge in [0.05, 0.1) is 17.1 Å². The molecule has 3 N–H and O–H groups in total. The normalized spacial score (nSPS) is 13.7. The largest absolute Gasteiger partial charge is 0.393 e. The molecule has 1 unspecified atom stereocenters. The fourth-order valence-electron chi connectivity index (χ4n) is 3.67. The summed E-state index contributed by atoms with van der Waals surface area (Å²) in [6.45, 7) is 12.2. The number of nitrogen functional groups attached to an aromatic ring is 1. The van der Waals surface area contributed by atoms with E-state index in [0.717, 1.165) is 22.2 Å². The Morgan fingerprint density at radius 3 is 2.61 bits per heavy atom. The van der Waals surface area contributed by atoms with Gasteiger partial charge in [-0.15, -0.1) is 0 Å². The van der Waals surface area contributed by atoms with Crippen LogP contribution in [0.15, 0.2) is 24.3 Å². The van der Waals surface area contributed by atoms with Crippen molar-refractivity contribution < 1.29 is 9.84 Å². The first-order valence-electron chi connectivity index (χ1n) is 10.0. The van der Waals surface area contributed by atoms with Gasteiger partial charge in [0.2, 0.25) is 0 Å². The molecule has 0 spiro atoms. The van der Waals surface area contributed by atoms with Crippen molar-refractivity contribution in [3.8, 4) is 0 Å². The van der Waals surface area contributed by atoms with E-state index in [2.05, 4.69) is 29.5 Å². The third-order valence-corrected chi connectivity index (χ3v) is 5.24. The first kappa shape index (κ1) is 20.6. The Kier molecular flexibility index (Phi) is 5.91. The SMILES string of the molecule is CCOCc1nc2c(N)nc3ccccc3c2n1CC(C)(C)CC(O)C(C)C. The van der Waals surface area contributed by atoms with Crippen molar-refractivity contribution in [2.75, 3.05) is 12.3 Å². The molecule has 6 nitrogen and oxygen atoms in total. The molecule has 152 valence electrons. The molecule has 2 aromatic heterocycles. The number of benzene rings is 1. The Hall–Kier alpha value is -2.18. The summed E-state index contributed by atoms with van der Waals surface area (Å²) in [5, 5.41) is 11.5.